The van der Waals surface area contributed by atoms with Gasteiger partial charge in [0.1, 0.15) is 11.4 Å². The van der Waals surface area contributed by atoms with Gasteiger partial charge in [-0.1, -0.05) is 45.7 Å². The van der Waals surface area contributed by atoms with E-state index in [-0.39, 0.29) is 0 Å². The molecule has 0 aromatic heterocycles. The van der Waals surface area contributed by atoms with Crippen LogP contribution in [0.15, 0.2) is 46.9 Å². The van der Waals surface area contributed by atoms with Crippen LogP contribution in [0, 0.1) is 0 Å². The molecule has 0 radical (unpaired) electrons. The number of aliphatic hydroxyl groups is 1. The molecule has 0 bridgehead atoms. The first-order valence-electron chi connectivity index (χ1n) is 5.77. The Kier molecular flexibility index (Phi) is 4.19. The molecule has 0 heterocycles. The molecule has 19 heavy (non-hydrogen) atoms. The Morgan fingerprint density at radius 1 is 1.16 bits per heavy atom. The van der Waals surface area contributed by atoms with E-state index in [1.54, 1.807) is 20.1 Å². The summed E-state index contributed by atoms with van der Waals surface area (Å²) in [4.78, 5) is 0. The first-order valence-corrected chi connectivity index (χ1v) is 6.94. The van der Waals surface area contributed by atoms with Crippen LogP contribution in [0.5, 0.6) is 5.75 Å². The van der Waals surface area contributed by atoms with Crippen molar-refractivity contribution >= 4 is 27.5 Å². The summed E-state index contributed by atoms with van der Waals surface area (Å²) in [6, 6.07) is 12.7. The zero-order valence-electron chi connectivity index (χ0n) is 10.7. The molecule has 2 aromatic carbocycles. The largest absolute Gasteiger partial charge is 0.497 e. The van der Waals surface area contributed by atoms with Gasteiger partial charge in [0.2, 0.25) is 0 Å². The van der Waals surface area contributed by atoms with Crippen LogP contribution >= 0.6 is 27.5 Å². The molecule has 1 unspecified atom stereocenters. The summed E-state index contributed by atoms with van der Waals surface area (Å²) in [5.41, 5.74) is 0.282. The maximum atomic E-state index is 10.8. The third kappa shape index (κ3) is 2.94. The zero-order chi connectivity index (χ0) is 14.0. The van der Waals surface area contributed by atoms with E-state index in [2.05, 4.69) is 15.9 Å². The Balaban J connectivity index is 2.45. The molecule has 2 nitrogen and oxygen atoms in total. The molecule has 0 aliphatic heterocycles. The molecule has 2 aromatic rings. The molecule has 2 rings (SSSR count). The Morgan fingerprint density at radius 3 is 2.32 bits per heavy atom. The van der Waals surface area contributed by atoms with Crippen molar-refractivity contribution in [2.45, 2.75) is 12.5 Å². The van der Waals surface area contributed by atoms with Crippen LogP contribution in [0.3, 0.4) is 0 Å². The van der Waals surface area contributed by atoms with Gasteiger partial charge in [0.15, 0.2) is 0 Å². The molecule has 0 saturated heterocycles. The Hall–Kier alpha value is -1.03. The highest BCUT2D eigenvalue weighted by molar-refractivity contribution is 9.10. The third-order valence-electron chi connectivity index (χ3n) is 3.11. The van der Waals surface area contributed by atoms with Crippen molar-refractivity contribution in [2.75, 3.05) is 7.11 Å². The second-order valence-electron chi connectivity index (χ2n) is 4.42. The summed E-state index contributed by atoms with van der Waals surface area (Å²) >= 11 is 9.56. The van der Waals surface area contributed by atoms with Gasteiger partial charge in [-0.15, -0.1) is 0 Å². The van der Waals surface area contributed by atoms with Gasteiger partial charge in [0, 0.05) is 15.1 Å². The average Bonchev–Trinajstić information content (AvgIpc) is 2.38. The summed E-state index contributed by atoms with van der Waals surface area (Å²) in [5, 5.41) is 11.3. The summed E-state index contributed by atoms with van der Waals surface area (Å²) < 4.78 is 5.99. The standard InChI is InChI=1S/C15H14BrClO2/c1-15(18,10-3-6-12(19-2)7-4-10)13-8-5-11(16)9-14(13)17/h3-9,18H,1-2H3. The fourth-order valence-corrected chi connectivity index (χ4v) is 2.81. The minimum Gasteiger partial charge on any atom is -0.497 e. The molecule has 0 aliphatic carbocycles. The number of benzene rings is 2. The first kappa shape index (κ1) is 14.4. The lowest BCUT2D eigenvalue weighted by atomic mass is 9.88. The zero-order valence-corrected chi connectivity index (χ0v) is 13.0. The van der Waals surface area contributed by atoms with Crippen molar-refractivity contribution in [3.8, 4) is 5.75 Å². The van der Waals surface area contributed by atoms with Crippen molar-refractivity contribution in [3.05, 3.63) is 63.1 Å². The van der Waals surface area contributed by atoms with Gasteiger partial charge in [0.05, 0.1) is 7.11 Å². The highest BCUT2D eigenvalue weighted by atomic mass is 79.9. The number of methoxy groups -OCH3 is 1. The van der Waals surface area contributed by atoms with Crippen LogP contribution in [0.1, 0.15) is 18.1 Å². The quantitative estimate of drug-likeness (QED) is 0.898. The van der Waals surface area contributed by atoms with Gasteiger partial charge in [-0.2, -0.15) is 0 Å². The fourth-order valence-electron chi connectivity index (χ4n) is 1.96. The lowest BCUT2D eigenvalue weighted by Gasteiger charge is -2.26. The van der Waals surface area contributed by atoms with Crippen LogP contribution in [-0.2, 0) is 5.60 Å². The summed E-state index contributed by atoms with van der Waals surface area (Å²) in [5.74, 6) is 0.751. The molecule has 1 N–H and O–H groups in total. The third-order valence-corrected chi connectivity index (χ3v) is 3.91. The highest BCUT2D eigenvalue weighted by Gasteiger charge is 2.28. The number of halogens is 2. The molecular weight excluding hydrogens is 328 g/mol. The Labute approximate surface area is 126 Å². The van der Waals surface area contributed by atoms with E-state index in [9.17, 15) is 5.11 Å². The lowest BCUT2D eigenvalue weighted by molar-refractivity contribution is 0.102. The molecular formula is C15H14BrClO2. The number of hydrogen-bond donors (Lipinski definition) is 1. The summed E-state index contributed by atoms with van der Waals surface area (Å²) in [6.07, 6.45) is 0. The molecule has 0 saturated carbocycles. The van der Waals surface area contributed by atoms with Gasteiger partial charge >= 0.3 is 0 Å². The van der Waals surface area contributed by atoms with Crippen LogP contribution < -0.4 is 4.74 Å². The van der Waals surface area contributed by atoms with Crippen molar-refractivity contribution in [1.82, 2.24) is 0 Å². The number of hydrogen-bond acceptors (Lipinski definition) is 2. The smallest absolute Gasteiger partial charge is 0.118 e. The predicted molar refractivity (Wildman–Crippen MR) is 80.8 cm³/mol. The second kappa shape index (κ2) is 5.53. The maximum absolute atomic E-state index is 10.8. The second-order valence-corrected chi connectivity index (χ2v) is 5.75. The fraction of sp³-hybridized carbons (Fsp3) is 0.200. The monoisotopic (exact) mass is 340 g/mol. The number of rotatable bonds is 3. The van der Waals surface area contributed by atoms with Gasteiger partial charge in [0.25, 0.3) is 0 Å². The first-order chi connectivity index (χ1) is 8.95. The van der Waals surface area contributed by atoms with Crippen LogP contribution in [0.2, 0.25) is 5.02 Å². The van der Waals surface area contributed by atoms with E-state index >= 15 is 0 Å². The van der Waals surface area contributed by atoms with Crippen molar-refractivity contribution in [2.24, 2.45) is 0 Å². The minimum atomic E-state index is -1.15. The van der Waals surface area contributed by atoms with E-state index in [1.165, 1.54) is 0 Å². The van der Waals surface area contributed by atoms with Crippen LogP contribution in [0.25, 0.3) is 0 Å². The Bertz CT molecular complexity index is 579. The predicted octanol–water partition coefficient (Wildman–Crippen LogP) is 4.37. The molecule has 0 amide bonds. The minimum absolute atomic E-state index is 0.523. The molecule has 0 fully saturated rings. The molecule has 100 valence electrons. The lowest BCUT2D eigenvalue weighted by Crippen LogP contribution is -2.23. The SMILES string of the molecule is COc1ccc(C(C)(O)c2ccc(Br)cc2Cl)cc1. The molecule has 4 heteroatoms. The maximum Gasteiger partial charge on any atom is 0.118 e. The van der Waals surface area contributed by atoms with Crippen molar-refractivity contribution in [1.29, 1.82) is 0 Å². The topological polar surface area (TPSA) is 29.5 Å². The van der Waals surface area contributed by atoms with Gasteiger partial charge in [-0.3, -0.25) is 0 Å². The van der Waals surface area contributed by atoms with Crippen molar-refractivity contribution < 1.29 is 9.84 Å². The normalized spacial score (nSPS) is 13.9. The van der Waals surface area contributed by atoms with E-state index in [1.807, 2.05) is 36.4 Å². The Morgan fingerprint density at radius 2 is 1.79 bits per heavy atom. The van der Waals surface area contributed by atoms with E-state index in [0.29, 0.717) is 10.6 Å². The summed E-state index contributed by atoms with van der Waals surface area (Å²) in [6.45, 7) is 1.73. The van der Waals surface area contributed by atoms with E-state index < -0.39 is 5.60 Å². The van der Waals surface area contributed by atoms with Crippen molar-refractivity contribution in [3.63, 3.8) is 0 Å². The van der Waals surface area contributed by atoms with Crippen LogP contribution in [0.4, 0.5) is 0 Å². The summed E-state index contributed by atoms with van der Waals surface area (Å²) in [7, 11) is 1.61. The molecule has 1 atom stereocenters. The van der Waals surface area contributed by atoms with Gasteiger partial charge in [-0.25, -0.2) is 0 Å². The van der Waals surface area contributed by atoms with Gasteiger partial charge in [-0.05, 0) is 36.8 Å². The average molecular weight is 342 g/mol. The molecule has 0 aliphatic rings. The van der Waals surface area contributed by atoms with Crippen LogP contribution in [-0.4, -0.2) is 12.2 Å². The van der Waals surface area contributed by atoms with E-state index in [0.717, 1.165) is 15.8 Å². The highest BCUT2D eigenvalue weighted by Crippen LogP contribution is 2.35. The van der Waals surface area contributed by atoms with E-state index in [4.69, 9.17) is 16.3 Å². The number of ether oxygens (including phenoxy) is 1. The van der Waals surface area contributed by atoms with Gasteiger partial charge < -0.3 is 9.84 Å². The molecule has 0 spiro atoms.